The Morgan fingerprint density at radius 3 is 2.36 bits per heavy atom. The van der Waals surface area contributed by atoms with E-state index in [1.165, 1.54) is 25.3 Å². The number of carbonyl (C=O) groups is 3. The van der Waals surface area contributed by atoms with Crippen LogP contribution in [0.4, 0.5) is 16.2 Å². The molecule has 0 aromatic heterocycles. The van der Waals surface area contributed by atoms with Gasteiger partial charge in [-0.15, -0.1) is 0 Å². The molecule has 3 amide bonds. The van der Waals surface area contributed by atoms with Crippen LogP contribution in [0.1, 0.15) is 28.9 Å². The summed E-state index contributed by atoms with van der Waals surface area (Å²) in [4.78, 5) is 37.3. The number of amides is 3. The number of aromatic hydroxyl groups is 1. The van der Waals surface area contributed by atoms with Crippen LogP contribution < -0.4 is 21.1 Å². The number of nitrogen functional groups attached to an aromatic ring is 1. The van der Waals surface area contributed by atoms with Crippen LogP contribution in [0.5, 0.6) is 11.5 Å². The first kappa shape index (κ1) is 25.8. The van der Waals surface area contributed by atoms with E-state index in [1.54, 1.807) is 73.7 Å². The van der Waals surface area contributed by atoms with E-state index in [9.17, 15) is 19.5 Å². The maximum Gasteiger partial charge on any atom is 0.414 e. The van der Waals surface area contributed by atoms with Gasteiger partial charge in [-0.05, 0) is 48.0 Å². The molecule has 0 fully saturated rings. The van der Waals surface area contributed by atoms with Crippen LogP contribution in [0.3, 0.4) is 0 Å². The summed E-state index contributed by atoms with van der Waals surface area (Å²) >= 11 is 0. The molecule has 0 saturated carbocycles. The highest BCUT2D eigenvalue weighted by Crippen LogP contribution is 2.34. The zero-order valence-corrected chi connectivity index (χ0v) is 19.8. The topological polar surface area (TPSA) is 140 Å². The number of nitrogens with two attached hydrogens (primary N) is 1. The van der Waals surface area contributed by atoms with E-state index in [0.717, 1.165) is 0 Å². The highest BCUT2D eigenvalue weighted by molar-refractivity contribution is 6.03. The second-order valence-electron chi connectivity index (χ2n) is 7.87. The van der Waals surface area contributed by atoms with Crippen molar-refractivity contribution in [1.82, 2.24) is 5.32 Å². The Bertz CT molecular complexity index is 1260. The SMILES string of the molecule is COc1ccc([C@@H](OC(=O)NC(=O)c2ccccc2)[C@H](C)/C=C/C(=O)Nc2ccccc2N)cc1O. The number of nitrogens with one attached hydrogen (secondary N) is 2. The van der Waals surface area contributed by atoms with Crippen molar-refractivity contribution in [3.05, 3.63) is 96.1 Å². The number of methoxy groups -OCH3 is 1. The molecule has 0 aliphatic carbocycles. The van der Waals surface area contributed by atoms with Crippen molar-refractivity contribution in [3.8, 4) is 11.5 Å². The summed E-state index contributed by atoms with van der Waals surface area (Å²) in [5.74, 6) is -1.50. The summed E-state index contributed by atoms with van der Waals surface area (Å²) < 4.78 is 10.6. The molecule has 5 N–H and O–H groups in total. The molecule has 0 radical (unpaired) electrons. The summed E-state index contributed by atoms with van der Waals surface area (Å²) in [5.41, 5.74) is 7.46. The molecule has 0 aliphatic heterocycles. The van der Waals surface area contributed by atoms with Gasteiger partial charge in [0.15, 0.2) is 11.5 Å². The fourth-order valence-corrected chi connectivity index (χ4v) is 3.39. The lowest BCUT2D eigenvalue weighted by molar-refractivity contribution is -0.111. The Kier molecular flexibility index (Phi) is 8.66. The molecule has 0 aliphatic rings. The lowest BCUT2D eigenvalue weighted by Crippen LogP contribution is -2.33. The largest absolute Gasteiger partial charge is 0.504 e. The fourth-order valence-electron chi connectivity index (χ4n) is 3.39. The zero-order valence-electron chi connectivity index (χ0n) is 19.8. The van der Waals surface area contributed by atoms with Gasteiger partial charge in [0.1, 0.15) is 6.10 Å². The molecule has 36 heavy (non-hydrogen) atoms. The first-order valence-corrected chi connectivity index (χ1v) is 11.1. The molecule has 3 aromatic carbocycles. The molecule has 3 rings (SSSR count). The number of anilines is 2. The van der Waals surface area contributed by atoms with Gasteiger partial charge >= 0.3 is 6.09 Å². The molecule has 0 spiro atoms. The number of alkyl carbamates (subject to hydrolysis) is 1. The van der Waals surface area contributed by atoms with Crippen LogP contribution in [-0.4, -0.2) is 30.1 Å². The molecule has 0 saturated heterocycles. The van der Waals surface area contributed by atoms with E-state index in [2.05, 4.69) is 10.6 Å². The maximum atomic E-state index is 12.6. The van der Waals surface area contributed by atoms with Crippen molar-refractivity contribution in [2.45, 2.75) is 13.0 Å². The van der Waals surface area contributed by atoms with E-state index < -0.39 is 29.9 Å². The standard InChI is InChI=1S/C27H27N3O6/c1-17(12-15-24(32)29-21-11-7-6-10-20(21)28)25(19-13-14-23(35-2)22(31)16-19)36-27(34)30-26(33)18-8-4-3-5-9-18/h3-17,25,31H,28H2,1-2H3,(H,29,32)(H,30,33,34)/b15-12+/t17-,25+/m1/s1. The summed E-state index contributed by atoms with van der Waals surface area (Å²) in [6.45, 7) is 1.72. The van der Waals surface area contributed by atoms with Crippen molar-refractivity contribution in [3.63, 3.8) is 0 Å². The number of para-hydroxylation sites is 2. The lowest BCUT2D eigenvalue weighted by atomic mass is 9.96. The highest BCUT2D eigenvalue weighted by atomic mass is 16.6. The van der Waals surface area contributed by atoms with Gasteiger partial charge in [0, 0.05) is 11.5 Å². The first-order chi connectivity index (χ1) is 17.3. The quantitative estimate of drug-likeness (QED) is 0.271. The summed E-state index contributed by atoms with van der Waals surface area (Å²) in [7, 11) is 1.41. The number of phenols is 1. The predicted octanol–water partition coefficient (Wildman–Crippen LogP) is 4.42. The highest BCUT2D eigenvalue weighted by Gasteiger charge is 2.25. The first-order valence-electron chi connectivity index (χ1n) is 11.1. The van der Waals surface area contributed by atoms with Gasteiger partial charge in [-0.2, -0.15) is 0 Å². The van der Waals surface area contributed by atoms with Crippen LogP contribution in [0.25, 0.3) is 0 Å². The minimum atomic E-state index is -0.981. The number of rotatable bonds is 8. The van der Waals surface area contributed by atoms with Gasteiger partial charge in [-0.3, -0.25) is 14.9 Å². The van der Waals surface area contributed by atoms with Crippen LogP contribution in [0, 0.1) is 5.92 Å². The molecule has 0 heterocycles. The van der Waals surface area contributed by atoms with Crippen molar-refractivity contribution in [2.75, 3.05) is 18.2 Å². The second kappa shape index (κ2) is 12.1. The second-order valence-corrected chi connectivity index (χ2v) is 7.87. The van der Waals surface area contributed by atoms with Gasteiger partial charge in [0.25, 0.3) is 5.91 Å². The molecule has 0 bridgehead atoms. The Balaban J connectivity index is 1.77. The molecule has 0 unspecified atom stereocenters. The number of phenolic OH excluding ortho intramolecular Hbond substituents is 1. The van der Waals surface area contributed by atoms with Gasteiger partial charge in [0.2, 0.25) is 5.91 Å². The Hall–Kier alpha value is -4.79. The van der Waals surface area contributed by atoms with Crippen molar-refractivity contribution < 1.29 is 29.0 Å². The van der Waals surface area contributed by atoms with E-state index in [1.807, 2.05) is 0 Å². The number of hydrogen-bond acceptors (Lipinski definition) is 7. The third-order valence-corrected chi connectivity index (χ3v) is 5.26. The third-order valence-electron chi connectivity index (χ3n) is 5.26. The monoisotopic (exact) mass is 489 g/mol. The van der Waals surface area contributed by atoms with Crippen molar-refractivity contribution in [2.24, 2.45) is 5.92 Å². The minimum absolute atomic E-state index is 0.155. The average molecular weight is 490 g/mol. The number of hydrogen-bond donors (Lipinski definition) is 4. The molecule has 9 nitrogen and oxygen atoms in total. The molecular weight excluding hydrogens is 462 g/mol. The Labute approximate surface area is 208 Å². The Morgan fingerprint density at radius 1 is 1.00 bits per heavy atom. The van der Waals surface area contributed by atoms with E-state index >= 15 is 0 Å². The summed E-state index contributed by atoms with van der Waals surface area (Å²) in [6.07, 6.45) is 0.915. The number of ether oxygens (including phenoxy) is 2. The zero-order chi connectivity index (χ0) is 26.1. The molecular formula is C27H27N3O6. The van der Waals surface area contributed by atoms with Crippen molar-refractivity contribution in [1.29, 1.82) is 0 Å². The minimum Gasteiger partial charge on any atom is -0.504 e. The normalized spacial score (nSPS) is 12.4. The van der Waals surface area contributed by atoms with Crippen LogP contribution in [-0.2, 0) is 9.53 Å². The molecule has 186 valence electrons. The van der Waals surface area contributed by atoms with E-state index in [0.29, 0.717) is 16.9 Å². The maximum absolute atomic E-state index is 12.6. The summed E-state index contributed by atoms with van der Waals surface area (Å²) in [6, 6.07) is 19.6. The van der Waals surface area contributed by atoms with Crippen LogP contribution in [0.2, 0.25) is 0 Å². The number of benzene rings is 3. The Morgan fingerprint density at radius 2 is 1.69 bits per heavy atom. The van der Waals surface area contributed by atoms with Gasteiger partial charge in [0.05, 0.1) is 18.5 Å². The summed E-state index contributed by atoms with van der Waals surface area (Å²) in [5, 5.41) is 15.1. The molecule has 2 atom stereocenters. The number of carbonyl (C=O) groups excluding carboxylic acids is 3. The predicted molar refractivity (Wildman–Crippen MR) is 136 cm³/mol. The van der Waals surface area contributed by atoms with Crippen LogP contribution in [0.15, 0.2) is 84.9 Å². The fraction of sp³-hybridized carbons (Fsp3) is 0.148. The number of imide groups is 1. The van der Waals surface area contributed by atoms with Gasteiger partial charge < -0.3 is 25.6 Å². The molecule has 9 heteroatoms. The average Bonchev–Trinajstić information content (AvgIpc) is 2.87. The van der Waals surface area contributed by atoms with Crippen LogP contribution >= 0.6 is 0 Å². The van der Waals surface area contributed by atoms with Crippen molar-refractivity contribution >= 4 is 29.3 Å². The van der Waals surface area contributed by atoms with E-state index in [-0.39, 0.29) is 17.1 Å². The lowest BCUT2D eigenvalue weighted by Gasteiger charge is -2.23. The molecule has 3 aromatic rings. The smallest absolute Gasteiger partial charge is 0.414 e. The van der Waals surface area contributed by atoms with Gasteiger partial charge in [-0.1, -0.05) is 49.4 Å². The third kappa shape index (κ3) is 6.86. The van der Waals surface area contributed by atoms with E-state index in [4.69, 9.17) is 15.2 Å². The van der Waals surface area contributed by atoms with Gasteiger partial charge in [-0.25, -0.2) is 4.79 Å².